The number of rotatable bonds is 8. The van der Waals surface area contributed by atoms with E-state index in [9.17, 15) is 4.79 Å². The number of carbonyl (C=O) groups is 1. The van der Waals surface area contributed by atoms with Gasteiger partial charge in [-0.2, -0.15) is 0 Å². The molecule has 25 heavy (non-hydrogen) atoms. The van der Waals surface area contributed by atoms with E-state index in [1.54, 1.807) is 0 Å². The minimum atomic E-state index is -0.248. The molecule has 132 valence electrons. The fraction of sp³-hybridized carbons (Fsp3) is 0.409. The maximum absolute atomic E-state index is 13.0. The van der Waals surface area contributed by atoms with Crippen molar-refractivity contribution in [2.24, 2.45) is 0 Å². The molecule has 1 aliphatic carbocycles. The maximum Gasteiger partial charge on any atom is 0.232 e. The summed E-state index contributed by atoms with van der Waals surface area (Å²) in [5, 5.41) is 0. The van der Waals surface area contributed by atoms with Crippen LogP contribution in [0.1, 0.15) is 36.8 Å². The first-order valence-corrected chi connectivity index (χ1v) is 9.14. The average Bonchev–Trinajstić information content (AvgIpc) is 3.48. The minimum absolute atomic E-state index is 0.153. The van der Waals surface area contributed by atoms with Crippen LogP contribution in [0.15, 0.2) is 60.7 Å². The summed E-state index contributed by atoms with van der Waals surface area (Å²) in [4.78, 5) is 15.0. The zero-order chi connectivity index (χ0) is 17.6. The van der Waals surface area contributed by atoms with Gasteiger partial charge in [0.25, 0.3) is 0 Å². The van der Waals surface area contributed by atoms with Crippen molar-refractivity contribution in [1.82, 2.24) is 4.90 Å². The largest absolute Gasteiger partial charge is 0.377 e. The molecule has 2 unspecified atom stereocenters. The van der Waals surface area contributed by atoms with Crippen molar-refractivity contribution in [2.45, 2.75) is 44.2 Å². The van der Waals surface area contributed by atoms with Crippen molar-refractivity contribution < 1.29 is 9.53 Å². The molecule has 3 heteroatoms. The number of likely N-dealkylation sites (N-methyl/N-ethyl adjacent to an activating group) is 1. The molecule has 1 fully saturated rings. The molecular formula is C22H27NO2. The molecular weight excluding hydrogens is 310 g/mol. The standard InChI is InChI=1S/C22H27NO2/c1-17(25-16-15-18-9-5-3-6-10-18)21(19-11-7-4-8-12-19)22(24)23(2)20-13-14-20/h3-12,17,20-21H,13-16H2,1-2H3. The second-order valence-corrected chi connectivity index (χ2v) is 6.88. The van der Waals surface area contributed by atoms with Crippen LogP contribution in [0.5, 0.6) is 0 Å². The first kappa shape index (κ1) is 17.7. The Morgan fingerprint density at radius 2 is 1.68 bits per heavy atom. The lowest BCUT2D eigenvalue weighted by molar-refractivity contribution is -0.135. The Bertz CT molecular complexity index is 667. The predicted molar refractivity (Wildman–Crippen MR) is 101 cm³/mol. The molecule has 0 spiro atoms. The van der Waals surface area contributed by atoms with Gasteiger partial charge in [0.1, 0.15) is 0 Å². The van der Waals surface area contributed by atoms with E-state index < -0.39 is 0 Å². The van der Waals surface area contributed by atoms with E-state index in [2.05, 4.69) is 12.1 Å². The third kappa shape index (κ3) is 4.70. The minimum Gasteiger partial charge on any atom is -0.377 e. The average molecular weight is 337 g/mol. The molecule has 0 aliphatic heterocycles. The van der Waals surface area contributed by atoms with Gasteiger partial charge in [0.05, 0.1) is 18.6 Å². The van der Waals surface area contributed by atoms with Gasteiger partial charge < -0.3 is 9.64 Å². The summed E-state index contributed by atoms with van der Waals surface area (Å²) in [5.74, 6) is -0.0801. The molecule has 3 nitrogen and oxygen atoms in total. The number of hydrogen-bond donors (Lipinski definition) is 0. The first-order chi connectivity index (χ1) is 12.2. The van der Waals surface area contributed by atoms with Crippen molar-refractivity contribution in [3.8, 4) is 0 Å². The predicted octanol–water partition coefficient (Wildman–Crippen LogP) is 4.04. The van der Waals surface area contributed by atoms with Crippen LogP contribution in [0.3, 0.4) is 0 Å². The molecule has 1 aliphatic rings. The highest BCUT2D eigenvalue weighted by Gasteiger charge is 2.36. The Kier molecular flexibility index (Phi) is 5.87. The Hall–Kier alpha value is -2.13. The molecule has 0 heterocycles. The zero-order valence-electron chi connectivity index (χ0n) is 15.1. The number of carbonyl (C=O) groups excluding carboxylic acids is 1. The monoisotopic (exact) mass is 337 g/mol. The molecule has 0 bridgehead atoms. The molecule has 1 amide bonds. The number of ether oxygens (including phenoxy) is 1. The lowest BCUT2D eigenvalue weighted by Gasteiger charge is -2.28. The van der Waals surface area contributed by atoms with Gasteiger partial charge in [-0.15, -0.1) is 0 Å². The summed E-state index contributed by atoms with van der Waals surface area (Å²) in [5.41, 5.74) is 2.29. The van der Waals surface area contributed by atoms with Gasteiger partial charge >= 0.3 is 0 Å². The fourth-order valence-electron chi connectivity index (χ4n) is 3.24. The Labute approximate surface area is 150 Å². The highest BCUT2D eigenvalue weighted by atomic mass is 16.5. The molecule has 2 aromatic rings. The van der Waals surface area contributed by atoms with Crippen molar-refractivity contribution in [2.75, 3.05) is 13.7 Å². The van der Waals surface area contributed by atoms with E-state index in [0.717, 1.165) is 24.8 Å². The van der Waals surface area contributed by atoms with E-state index in [0.29, 0.717) is 12.6 Å². The Morgan fingerprint density at radius 1 is 1.08 bits per heavy atom. The van der Waals surface area contributed by atoms with Gasteiger partial charge in [-0.25, -0.2) is 0 Å². The van der Waals surface area contributed by atoms with Crippen LogP contribution < -0.4 is 0 Å². The Balaban J connectivity index is 1.66. The normalized spacial score (nSPS) is 16.2. The SMILES string of the molecule is CC(OCCc1ccccc1)C(C(=O)N(C)C1CC1)c1ccccc1. The van der Waals surface area contributed by atoms with Crippen molar-refractivity contribution in [1.29, 1.82) is 0 Å². The van der Waals surface area contributed by atoms with E-state index in [1.807, 2.05) is 67.4 Å². The van der Waals surface area contributed by atoms with Crippen LogP contribution in [0.2, 0.25) is 0 Å². The second kappa shape index (κ2) is 8.30. The summed E-state index contributed by atoms with van der Waals surface area (Å²) >= 11 is 0. The molecule has 0 aromatic heterocycles. The lowest BCUT2D eigenvalue weighted by atomic mass is 9.92. The summed E-state index contributed by atoms with van der Waals surface area (Å²) in [6.07, 6.45) is 2.94. The smallest absolute Gasteiger partial charge is 0.232 e. The van der Waals surface area contributed by atoms with Crippen LogP contribution in [0.25, 0.3) is 0 Å². The second-order valence-electron chi connectivity index (χ2n) is 6.88. The van der Waals surface area contributed by atoms with Crippen molar-refractivity contribution >= 4 is 5.91 Å². The molecule has 0 radical (unpaired) electrons. The third-order valence-corrected chi connectivity index (χ3v) is 4.95. The maximum atomic E-state index is 13.0. The summed E-state index contributed by atoms with van der Waals surface area (Å²) < 4.78 is 6.09. The van der Waals surface area contributed by atoms with Gasteiger partial charge in [-0.05, 0) is 37.3 Å². The quantitative estimate of drug-likeness (QED) is 0.727. The van der Waals surface area contributed by atoms with E-state index in [4.69, 9.17) is 4.74 Å². The summed E-state index contributed by atoms with van der Waals surface area (Å²) in [7, 11) is 1.92. The lowest BCUT2D eigenvalue weighted by Crippen LogP contribution is -2.38. The number of nitrogens with zero attached hydrogens (tertiary/aromatic N) is 1. The van der Waals surface area contributed by atoms with E-state index >= 15 is 0 Å². The van der Waals surface area contributed by atoms with Crippen LogP contribution in [0.4, 0.5) is 0 Å². The highest BCUT2D eigenvalue weighted by molar-refractivity contribution is 5.84. The van der Waals surface area contributed by atoms with Gasteiger partial charge in [0.2, 0.25) is 5.91 Å². The molecule has 2 atom stereocenters. The van der Waals surface area contributed by atoms with Crippen LogP contribution in [0, 0.1) is 0 Å². The van der Waals surface area contributed by atoms with Gasteiger partial charge in [-0.1, -0.05) is 60.7 Å². The van der Waals surface area contributed by atoms with Gasteiger partial charge in [-0.3, -0.25) is 4.79 Å². The molecule has 3 rings (SSSR count). The molecule has 0 saturated heterocycles. The fourth-order valence-corrected chi connectivity index (χ4v) is 3.24. The summed E-state index contributed by atoms with van der Waals surface area (Å²) in [6, 6.07) is 20.7. The molecule has 1 saturated carbocycles. The molecule has 2 aromatic carbocycles. The summed E-state index contributed by atoms with van der Waals surface area (Å²) in [6.45, 7) is 2.64. The van der Waals surface area contributed by atoms with Gasteiger partial charge in [0, 0.05) is 13.1 Å². The van der Waals surface area contributed by atoms with Crippen molar-refractivity contribution in [3.63, 3.8) is 0 Å². The number of benzene rings is 2. The third-order valence-electron chi connectivity index (χ3n) is 4.95. The number of hydrogen-bond acceptors (Lipinski definition) is 2. The van der Waals surface area contributed by atoms with Crippen LogP contribution >= 0.6 is 0 Å². The van der Waals surface area contributed by atoms with E-state index in [-0.39, 0.29) is 17.9 Å². The topological polar surface area (TPSA) is 29.5 Å². The molecule has 0 N–H and O–H groups in total. The first-order valence-electron chi connectivity index (χ1n) is 9.14. The van der Waals surface area contributed by atoms with Crippen molar-refractivity contribution in [3.05, 3.63) is 71.8 Å². The van der Waals surface area contributed by atoms with Crippen LogP contribution in [-0.4, -0.2) is 36.6 Å². The van der Waals surface area contributed by atoms with Crippen LogP contribution in [-0.2, 0) is 16.0 Å². The zero-order valence-corrected chi connectivity index (χ0v) is 15.1. The number of amides is 1. The Morgan fingerprint density at radius 3 is 2.28 bits per heavy atom. The van der Waals surface area contributed by atoms with E-state index in [1.165, 1.54) is 5.56 Å². The van der Waals surface area contributed by atoms with Gasteiger partial charge in [0.15, 0.2) is 0 Å². The highest BCUT2D eigenvalue weighted by Crippen LogP contribution is 2.31.